The van der Waals surface area contributed by atoms with Crippen LogP contribution in [0.3, 0.4) is 0 Å². The fourth-order valence-electron chi connectivity index (χ4n) is 3.64. The maximum absolute atomic E-state index is 10.9. The maximum Gasteiger partial charge on any atom is 0.269 e. The molecule has 6 nitrogen and oxygen atoms in total. The molecule has 3 aromatic carbocycles. The van der Waals surface area contributed by atoms with Gasteiger partial charge in [0.15, 0.2) is 0 Å². The third-order valence-electron chi connectivity index (χ3n) is 5.22. The Morgan fingerprint density at radius 2 is 1.91 bits per heavy atom. The summed E-state index contributed by atoms with van der Waals surface area (Å²) in [5, 5.41) is 21.6. The van der Waals surface area contributed by atoms with Gasteiger partial charge in [0.05, 0.1) is 23.1 Å². The van der Waals surface area contributed by atoms with Crippen LogP contribution in [0, 0.1) is 28.4 Å². The first-order valence-electron chi connectivity index (χ1n) is 10.2. The summed E-state index contributed by atoms with van der Waals surface area (Å²) in [6.07, 6.45) is 3.83. The fourth-order valence-corrected chi connectivity index (χ4v) is 3.64. The van der Waals surface area contributed by atoms with Crippen LogP contribution < -0.4 is 4.74 Å². The van der Waals surface area contributed by atoms with E-state index in [9.17, 15) is 15.4 Å². The number of rotatable bonds is 7. The average molecular weight is 423 g/mol. The molecule has 0 unspecified atom stereocenters. The quantitative estimate of drug-likeness (QED) is 0.207. The van der Waals surface area contributed by atoms with E-state index in [-0.39, 0.29) is 5.69 Å². The molecule has 0 radical (unpaired) electrons. The number of hydrogen-bond acceptors (Lipinski definition) is 4. The summed E-state index contributed by atoms with van der Waals surface area (Å²) in [6.45, 7) is 3.20. The number of fused-ring (bicyclic) bond motifs is 1. The number of ether oxygens (including phenoxy) is 1. The first kappa shape index (κ1) is 20.9. The lowest BCUT2D eigenvalue weighted by Gasteiger charge is -2.08. The van der Waals surface area contributed by atoms with Crippen molar-refractivity contribution in [3.05, 3.63) is 106 Å². The number of aromatic nitrogens is 1. The van der Waals surface area contributed by atoms with Crippen LogP contribution >= 0.6 is 0 Å². The molecule has 0 bridgehead atoms. The zero-order chi connectivity index (χ0) is 22.5. The van der Waals surface area contributed by atoms with Crippen molar-refractivity contribution in [2.24, 2.45) is 0 Å². The molecule has 0 spiro atoms. The summed E-state index contributed by atoms with van der Waals surface area (Å²) in [7, 11) is 0. The Bertz CT molecular complexity index is 1350. The minimum Gasteiger partial charge on any atom is -0.492 e. The fraction of sp³-hybridized carbons (Fsp3) is 0.115. The van der Waals surface area contributed by atoms with E-state index in [1.54, 1.807) is 12.1 Å². The molecule has 1 aromatic heterocycles. The van der Waals surface area contributed by atoms with E-state index in [2.05, 4.69) is 10.6 Å². The van der Waals surface area contributed by atoms with Crippen molar-refractivity contribution in [2.45, 2.75) is 13.5 Å². The van der Waals surface area contributed by atoms with Gasteiger partial charge in [0.1, 0.15) is 12.4 Å². The Hall–Kier alpha value is -4.37. The monoisotopic (exact) mass is 423 g/mol. The molecule has 0 aliphatic rings. The number of nitro benzene ring substituents is 1. The van der Waals surface area contributed by atoms with E-state index in [1.807, 2.05) is 67.7 Å². The first-order valence-corrected chi connectivity index (χ1v) is 10.2. The molecule has 0 N–H and O–H groups in total. The molecule has 0 amide bonds. The number of allylic oxidation sites excluding steroid dienone is 1. The molecule has 0 saturated heterocycles. The summed E-state index contributed by atoms with van der Waals surface area (Å²) in [4.78, 5) is 10.4. The molecular formula is C26H21N3O3. The molecule has 0 aliphatic heterocycles. The van der Waals surface area contributed by atoms with Crippen molar-refractivity contribution in [3.63, 3.8) is 0 Å². The molecule has 158 valence electrons. The molecule has 4 rings (SSSR count). The van der Waals surface area contributed by atoms with Crippen LogP contribution in [-0.2, 0) is 6.54 Å². The van der Waals surface area contributed by atoms with Crippen LogP contribution in [0.25, 0.3) is 22.6 Å². The summed E-state index contributed by atoms with van der Waals surface area (Å²) in [5.41, 5.74) is 4.18. The van der Waals surface area contributed by atoms with Crippen LogP contribution in [-0.4, -0.2) is 16.1 Å². The van der Waals surface area contributed by atoms with E-state index >= 15 is 0 Å². The van der Waals surface area contributed by atoms with Gasteiger partial charge >= 0.3 is 0 Å². The molecule has 6 heteroatoms. The zero-order valence-corrected chi connectivity index (χ0v) is 17.6. The standard InChI is InChI=1S/C26H21N3O3/c1-19-5-4-6-24(15-19)32-14-13-28-18-22(25-7-2-3-8-26(25)28)16-21(17-27)20-9-11-23(12-10-20)29(30)31/h2-12,15-16,18H,13-14H2,1H3. The number of aryl methyl sites for hydroxylation is 1. The number of para-hydroxylation sites is 1. The number of nitriles is 1. The van der Waals surface area contributed by atoms with Gasteiger partial charge in [-0.15, -0.1) is 0 Å². The number of nitrogens with zero attached hydrogens (tertiary/aromatic N) is 3. The summed E-state index contributed by atoms with van der Waals surface area (Å²) < 4.78 is 8.02. The lowest BCUT2D eigenvalue weighted by molar-refractivity contribution is -0.384. The van der Waals surface area contributed by atoms with E-state index < -0.39 is 4.92 Å². The van der Waals surface area contributed by atoms with Crippen molar-refractivity contribution in [3.8, 4) is 11.8 Å². The Morgan fingerprint density at radius 3 is 2.62 bits per heavy atom. The van der Waals surface area contributed by atoms with E-state index in [0.717, 1.165) is 27.8 Å². The van der Waals surface area contributed by atoms with Gasteiger partial charge in [0.25, 0.3) is 5.69 Å². The van der Waals surface area contributed by atoms with E-state index in [4.69, 9.17) is 4.74 Å². The lowest BCUT2D eigenvalue weighted by Crippen LogP contribution is -2.07. The largest absolute Gasteiger partial charge is 0.492 e. The van der Waals surface area contributed by atoms with E-state index in [0.29, 0.717) is 24.3 Å². The Kier molecular flexibility index (Phi) is 6.00. The van der Waals surface area contributed by atoms with Crippen LogP contribution in [0.5, 0.6) is 5.75 Å². The highest BCUT2D eigenvalue weighted by Crippen LogP contribution is 2.27. The minimum absolute atomic E-state index is 0.00347. The Labute approximate surface area is 185 Å². The second kappa shape index (κ2) is 9.19. The Balaban J connectivity index is 1.61. The van der Waals surface area contributed by atoms with Crippen molar-refractivity contribution in [1.82, 2.24) is 4.57 Å². The highest BCUT2D eigenvalue weighted by molar-refractivity contribution is 5.98. The Morgan fingerprint density at radius 1 is 1.12 bits per heavy atom. The molecule has 0 atom stereocenters. The lowest BCUT2D eigenvalue weighted by atomic mass is 10.0. The number of benzene rings is 3. The highest BCUT2D eigenvalue weighted by atomic mass is 16.6. The van der Waals surface area contributed by atoms with Gasteiger partial charge in [0, 0.05) is 34.8 Å². The van der Waals surface area contributed by atoms with Crippen molar-refractivity contribution in [2.75, 3.05) is 6.61 Å². The van der Waals surface area contributed by atoms with Crippen LogP contribution in [0.15, 0.2) is 79.0 Å². The third-order valence-corrected chi connectivity index (χ3v) is 5.22. The molecule has 4 aromatic rings. The second-order valence-electron chi connectivity index (χ2n) is 7.43. The average Bonchev–Trinajstić information content (AvgIpc) is 3.15. The van der Waals surface area contributed by atoms with Gasteiger partial charge < -0.3 is 9.30 Å². The number of non-ortho nitro benzene ring substituents is 1. The van der Waals surface area contributed by atoms with Gasteiger partial charge in [-0.3, -0.25) is 10.1 Å². The maximum atomic E-state index is 10.9. The molecule has 0 aliphatic carbocycles. The second-order valence-corrected chi connectivity index (χ2v) is 7.43. The minimum atomic E-state index is -0.452. The van der Waals surface area contributed by atoms with Crippen molar-refractivity contribution in [1.29, 1.82) is 5.26 Å². The van der Waals surface area contributed by atoms with Crippen molar-refractivity contribution < 1.29 is 9.66 Å². The first-order chi connectivity index (χ1) is 15.5. The molecule has 1 heterocycles. The van der Waals surface area contributed by atoms with Crippen LogP contribution in [0.1, 0.15) is 16.7 Å². The van der Waals surface area contributed by atoms with Gasteiger partial charge in [-0.1, -0.05) is 30.3 Å². The smallest absolute Gasteiger partial charge is 0.269 e. The number of hydrogen-bond donors (Lipinski definition) is 0. The van der Waals surface area contributed by atoms with Gasteiger partial charge in [-0.05, 0) is 54.5 Å². The zero-order valence-electron chi connectivity index (χ0n) is 17.6. The predicted octanol–water partition coefficient (Wildman–Crippen LogP) is 6.00. The third kappa shape index (κ3) is 4.52. The van der Waals surface area contributed by atoms with Gasteiger partial charge in [-0.2, -0.15) is 5.26 Å². The summed E-state index contributed by atoms with van der Waals surface area (Å²) in [5.74, 6) is 0.839. The molecular weight excluding hydrogens is 402 g/mol. The molecule has 32 heavy (non-hydrogen) atoms. The molecule has 0 saturated carbocycles. The van der Waals surface area contributed by atoms with E-state index in [1.165, 1.54) is 12.1 Å². The predicted molar refractivity (Wildman–Crippen MR) is 125 cm³/mol. The van der Waals surface area contributed by atoms with Crippen molar-refractivity contribution >= 4 is 28.2 Å². The number of nitro groups is 1. The van der Waals surface area contributed by atoms with Gasteiger partial charge in [-0.25, -0.2) is 0 Å². The topological polar surface area (TPSA) is 81.1 Å². The highest BCUT2D eigenvalue weighted by Gasteiger charge is 2.10. The molecule has 0 fully saturated rings. The normalized spacial score (nSPS) is 11.3. The summed E-state index contributed by atoms with van der Waals surface area (Å²) >= 11 is 0. The SMILES string of the molecule is Cc1cccc(OCCn2cc(C=C(C#N)c3ccc([N+](=O)[O-])cc3)c3ccccc32)c1. The van der Waals surface area contributed by atoms with Gasteiger partial charge in [0.2, 0.25) is 0 Å². The van der Waals surface area contributed by atoms with Crippen LogP contribution in [0.2, 0.25) is 0 Å². The summed E-state index contributed by atoms with van der Waals surface area (Å²) in [6, 6.07) is 24.2. The van der Waals surface area contributed by atoms with Crippen LogP contribution in [0.4, 0.5) is 5.69 Å².